The summed E-state index contributed by atoms with van der Waals surface area (Å²) in [7, 11) is 0. The minimum atomic E-state index is 0.236. The van der Waals surface area contributed by atoms with Crippen molar-refractivity contribution in [3.63, 3.8) is 0 Å². The van der Waals surface area contributed by atoms with Crippen LogP contribution in [0.3, 0.4) is 0 Å². The van der Waals surface area contributed by atoms with Gasteiger partial charge in [-0.05, 0) is 19.8 Å². The number of nitrogens with two attached hydrogens (primary N) is 1. The van der Waals surface area contributed by atoms with E-state index in [1.54, 1.807) is 0 Å². The number of ether oxygens (including phenoxy) is 1. The van der Waals surface area contributed by atoms with Gasteiger partial charge >= 0.3 is 0 Å². The van der Waals surface area contributed by atoms with Crippen molar-refractivity contribution in [3.05, 3.63) is 0 Å². The Bertz CT molecular complexity index is 93.1. The molecule has 2 heteroatoms. The van der Waals surface area contributed by atoms with E-state index < -0.39 is 0 Å². The monoisotopic (exact) mass is 129 g/mol. The summed E-state index contributed by atoms with van der Waals surface area (Å²) < 4.78 is 5.46. The molecule has 0 radical (unpaired) electrons. The molecule has 1 rings (SSSR count). The molecule has 1 aliphatic heterocycles. The third-order valence-electron chi connectivity index (χ3n) is 2.32. The molecule has 54 valence electrons. The van der Waals surface area contributed by atoms with E-state index in [1.165, 1.54) is 0 Å². The highest BCUT2D eigenvalue weighted by Gasteiger charge is 2.33. The van der Waals surface area contributed by atoms with Crippen molar-refractivity contribution in [2.75, 3.05) is 0 Å². The van der Waals surface area contributed by atoms with E-state index in [0.717, 1.165) is 0 Å². The van der Waals surface area contributed by atoms with Gasteiger partial charge in [-0.3, -0.25) is 0 Å². The van der Waals surface area contributed by atoms with Gasteiger partial charge in [0, 0.05) is 6.04 Å². The average Bonchev–Trinajstić information content (AvgIpc) is 1.98. The minimum Gasteiger partial charge on any atom is -0.374 e. The molecule has 0 aromatic heterocycles. The van der Waals surface area contributed by atoms with Crippen molar-refractivity contribution in [2.24, 2.45) is 11.7 Å². The second-order valence-electron chi connectivity index (χ2n) is 2.98. The SMILES string of the molecule is C[C@@H]1[C@H](N)[C@@H](C)O[C@H]1C. The fourth-order valence-corrected chi connectivity index (χ4v) is 1.29. The summed E-state index contributed by atoms with van der Waals surface area (Å²) >= 11 is 0. The van der Waals surface area contributed by atoms with Crippen LogP contribution in [0.25, 0.3) is 0 Å². The molecule has 1 heterocycles. The van der Waals surface area contributed by atoms with Crippen molar-refractivity contribution in [2.45, 2.75) is 39.0 Å². The summed E-state index contributed by atoms with van der Waals surface area (Å²) in [6.07, 6.45) is 0.588. The van der Waals surface area contributed by atoms with Crippen LogP contribution in [0.5, 0.6) is 0 Å². The van der Waals surface area contributed by atoms with Crippen molar-refractivity contribution in [3.8, 4) is 0 Å². The third kappa shape index (κ3) is 1.10. The Kier molecular flexibility index (Phi) is 1.78. The molecule has 1 saturated heterocycles. The molecular weight excluding hydrogens is 114 g/mol. The van der Waals surface area contributed by atoms with E-state index >= 15 is 0 Å². The molecule has 1 fully saturated rings. The van der Waals surface area contributed by atoms with Crippen molar-refractivity contribution in [1.82, 2.24) is 0 Å². The van der Waals surface area contributed by atoms with Crippen LogP contribution in [0.1, 0.15) is 20.8 Å². The zero-order valence-electron chi connectivity index (χ0n) is 6.29. The summed E-state index contributed by atoms with van der Waals surface area (Å²) in [5.74, 6) is 0.514. The van der Waals surface area contributed by atoms with Crippen LogP contribution in [0, 0.1) is 5.92 Å². The van der Waals surface area contributed by atoms with E-state index in [-0.39, 0.29) is 12.1 Å². The molecule has 4 atom stereocenters. The van der Waals surface area contributed by atoms with E-state index in [4.69, 9.17) is 10.5 Å². The first-order valence-electron chi connectivity index (χ1n) is 3.54. The minimum absolute atomic E-state index is 0.236. The molecule has 0 amide bonds. The zero-order valence-corrected chi connectivity index (χ0v) is 6.29. The normalized spacial score (nSPS) is 52.0. The van der Waals surface area contributed by atoms with Gasteiger partial charge in [-0.15, -0.1) is 0 Å². The Morgan fingerprint density at radius 3 is 1.78 bits per heavy atom. The predicted molar refractivity (Wildman–Crippen MR) is 37.1 cm³/mol. The maximum Gasteiger partial charge on any atom is 0.0705 e. The Labute approximate surface area is 56.4 Å². The van der Waals surface area contributed by atoms with E-state index in [1.807, 2.05) is 6.92 Å². The van der Waals surface area contributed by atoms with Gasteiger partial charge in [0.2, 0.25) is 0 Å². The standard InChI is InChI=1S/C7H15NO/c1-4-5(2)9-6(3)7(4)8/h4-7H,8H2,1-3H3/t4-,5-,6+,7-/m0/s1. The summed E-state index contributed by atoms with van der Waals surface area (Å²) in [5, 5.41) is 0. The zero-order chi connectivity index (χ0) is 7.02. The number of rotatable bonds is 0. The smallest absolute Gasteiger partial charge is 0.0705 e. The van der Waals surface area contributed by atoms with Crippen molar-refractivity contribution in [1.29, 1.82) is 0 Å². The van der Waals surface area contributed by atoms with Gasteiger partial charge in [-0.25, -0.2) is 0 Å². The van der Waals surface area contributed by atoms with Gasteiger partial charge in [0.05, 0.1) is 12.2 Å². The second-order valence-corrected chi connectivity index (χ2v) is 2.98. The second kappa shape index (κ2) is 2.27. The van der Waals surface area contributed by atoms with Crippen LogP contribution < -0.4 is 5.73 Å². The van der Waals surface area contributed by atoms with Gasteiger partial charge in [0.25, 0.3) is 0 Å². The van der Waals surface area contributed by atoms with Gasteiger partial charge in [-0.1, -0.05) is 6.92 Å². The van der Waals surface area contributed by atoms with Crippen molar-refractivity contribution >= 4 is 0 Å². The summed E-state index contributed by atoms with van der Waals surface area (Å²) in [6.45, 7) is 6.25. The van der Waals surface area contributed by atoms with Crippen LogP contribution >= 0.6 is 0 Å². The molecule has 0 saturated carbocycles. The number of hydrogen-bond acceptors (Lipinski definition) is 2. The Hall–Kier alpha value is -0.0800. The van der Waals surface area contributed by atoms with Crippen LogP contribution in [0.2, 0.25) is 0 Å². The molecule has 0 aromatic rings. The Balaban J connectivity index is 2.54. The largest absolute Gasteiger partial charge is 0.374 e. The molecule has 2 N–H and O–H groups in total. The summed E-state index contributed by atoms with van der Waals surface area (Å²) in [5.41, 5.74) is 5.79. The quantitative estimate of drug-likeness (QED) is 0.524. The van der Waals surface area contributed by atoms with Crippen LogP contribution in [0.4, 0.5) is 0 Å². The van der Waals surface area contributed by atoms with Gasteiger partial charge in [0.15, 0.2) is 0 Å². The molecule has 9 heavy (non-hydrogen) atoms. The lowest BCUT2D eigenvalue weighted by atomic mass is 9.98. The lowest BCUT2D eigenvalue weighted by molar-refractivity contribution is 0.0559. The molecule has 0 aromatic carbocycles. The first kappa shape index (κ1) is 7.03. The van der Waals surface area contributed by atoms with Gasteiger partial charge < -0.3 is 10.5 Å². The topological polar surface area (TPSA) is 35.2 Å². The molecule has 0 bridgehead atoms. The Morgan fingerprint density at radius 1 is 1.11 bits per heavy atom. The molecule has 0 unspecified atom stereocenters. The lowest BCUT2D eigenvalue weighted by Gasteiger charge is -2.10. The molecule has 2 nitrogen and oxygen atoms in total. The molecule has 0 aliphatic carbocycles. The first-order valence-corrected chi connectivity index (χ1v) is 3.54. The fraction of sp³-hybridized carbons (Fsp3) is 1.00. The first-order chi connectivity index (χ1) is 4.13. The highest BCUT2D eigenvalue weighted by molar-refractivity contribution is 4.86. The highest BCUT2D eigenvalue weighted by Crippen LogP contribution is 2.23. The van der Waals surface area contributed by atoms with Crippen LogP contribution in [-0.4, -0.2) is 18.2 Å². The predicted octanol–water partition coefficient (Wildman–Crippen LogP) is 0.757. The molecule has 1 aliphatic rings. The third-order valence-corrected chi connectivity index (χ3v) is 2.32. The summed E-state index contributed by atoms with van der Waals surface area (Å²) in [4.78, 5) is 0. The fourth-order valence-electron chi connectivity index (χ4n) is 1.29. The van der Waals surface area contributed by atoms with E-state index in [2.05, 4.69) is 13.8 Å². The van der Waals surface area contributed by atoms with E-state index in [9.17, 15) is 0 Å². The maximum absolute atomic E-state index is 5.79. The highest BCUT2D eigenvalue weighted by atomic mass is 16.5. The van der Waals surface area contributed by atoms with Crippen molar-refractivity contribution < 1.29 is 4.74 Å². The maximum atomic E-state index is 5.79. The molecular formula is C7H15NO. The number of hydrogen-bond donors (Lipinski definition) is 1. The lowest BCUT2D eigenvalue weighted by Crippen LogP contribution is -2.32. The van der Waals surface area contributed by atoms with Crippen LogP contribution in [0.15, 0.2) is 0 Å². The Morgan fingerprint density at radius 2 is 1.67 bits per heavy atom. The average molecular weight is 129 g/mol. The molecule has 0 spiro atoms. The van der Waals surface area contributed by atoms with Gasteiger partial charge in [0.1, 0.15) is 0 Å². The van der Waals surface area contributed by atoms with Gasteiger partial charge in [-0.2, -0.15) is 0 Å². The van der Waals surface area contributed by atoms with E-state index in [0.29, 0.717) is 12.0 Å². The summed E-state index contributed by atoms with van der Waals surface area (Å²) in [6, 6.07) is 0.236. The van der Waals surface area contributed by atoms with Crippen LogP contribution in [-0.2, 0) is 4.74 Å².